The summed E-state index contributed by atoms with van der Waals surface area (Å²) >= 11 is 0.970. The first kappa shape index (κ1) is 20.0. The van der Waals surface area contributed by atoms with E-state index in [2.05, 4.69) is 11.6 Å². The second-order valence-corrected chi connectivity index (χ2v) is 6.17. The van der Waals surface area contributed by atoms with Gasteiger partial charge in [0.1, 0.15) is 17.6 Å². The SMILES string of the molecule is C=CCN(CC(F)(F)F)C(=O)CSc1nc(C)c(C)c(C)c1C#N. The van der Waals surface area contributed by atoms with Gasteiger partial charge in [-0.1, -0.05) is 17.8 Å². The van der Waals surface area contributed by atoms with E-state index in [-0.39, 0.29) is 12.3 Å². The fraction of sp³-hybridized carbons (Fsp3) is 0.438. The summed E-state index contributed by atoms with van der Waals surface area (Å²) in [5.41, 5.74) is 2.72. The number of alkyl halides is 3. The number of thioether (sulfide) groups is 1. The largest absolute Gasteiger partial charge is 0.406 e. The lowest BCUT2D eigenvalue weighted by molar-refractivity contribution is -0.158. The van der Waals surface area contributed by atoms with Crippen molar-refractivity contribution in [2.75, 3.05) is 18.8 Å². The normalized spacial score (nSPS) is 11.0. The highest BCUT2D eigenvalue weighted by Crippen LogP contribution is 2.27. The molecular weight excluding hydrogens is 339 g/mol. The van der Waals surface area contributed by atoms with Gasteiger partial charge in [-0.25, -0.2) is 4.98 Å². The van der Waals surface area contributed by atoms with Crippen molar-refractivity contribution >= 4 is 17.7 Å². The highest BCUT2D eigenvalue weighted by molar-refractivity contribution is 8.00. The van der Waals surface area contributed by atoms with Gasteiger partial charge in [0.2, 0.25) is 5.91 Å². The van der Waals surface area contributed by atoms with Crippen molar-refractivity contribution in [1.82, 2.24) is 9.88 Å². The van der Waals surface area contributed by atoms with Crippen LogP contribution in [0.4, 0.5) is 13.2 Å². The number of amides is 1. The smallest absolute Gasteiger partial charge is 0.329 e. The van der Waals surface area contributed by atoms with Gasteiger partial charge in [0.15, 0.2) is 0 Å². The number of rotatable bonds is 6. The number of nitriles is 1. The number of halogens is 3. The molecule has 0 unspecified atom stereocenters. The van der Waals surface area contributed by atoms with E-state index in [0.29, 0.717) is 15.5 Å². The van der Waals surface area contributed by atoms with Crippen LogP contribution in [0.2, 0.25) is 0 Å². The van der Waals surface area contributed by atoms with E-state index in [1.807, 2.05) is 13.0 Å². The molecule has 1 heterocycles. The number of aromatic nitrogens is 1. The van der Waals surface area contributed by atoms with Crippen LogP contribution >= 0.6 is 11.8 Å². The van der Waals surface area contributed by atoms with Crippen LogP contribution in [0.15, 0.2) is 17.7 Å². The molecule has 0 aliphatic carbocycles. The highest BCUT2D eigenvalue weighted by atomic mass is 32.2. The lowest BCUT2D eigenvalue weighted by Gasteiger charge is -2.22. The summed E-state index contributed by atoms with van der Waals surface area (Å²) < 4.78 is 37.6. The third kappa shape index (κ3) is 5.27. The van der Waals surface area contributed by atoms with Gasteiger partial charge in [-0.2, -0.15) is 18.4 Å². The minimum atomic E-state index is -4.48. The van der Waals surface area contributed by atoms with E-state index in [4.69, 9.17) is 0 Å². The molecule has 1 aromatic rings. The average Bonchev–Trinajstić information content (AvgIpc) is 2.48. The molecule has 8 heteroatoms. The number of hydrogen-bond donors (Lipinski definition) is 0. The first-order chi connectivity index (χ1) is 11.1. The van der Waals surface area contributed by atoms with Crippen LogP contribution in [0.25, 0.3) is 0 Å². The summed E-state index contributed by atoms with van der Waals surface area (Å²) in [7, 11) is 0. The Morgan fingerprint density at radius 3 is 2.50 bits per heavy atom. The lowest BCUT2D eigenvalue weighted by Crippen LogP contribution is -2.40. The summed E-state index contributed by atoms with van der Waals surface area (Å²) in [6.45, 7) is 7.25. The van der Waals surface area contributed by atoms with Crippen molar-refractivity contribution in [1.29, 1.82) is 5.26 Å². The Labute approximate surface area is 143 Å². The minimum Gasteiger partial charge on any atom is -0.329 e. The van der Waals surface area contributed by atoms with Gasteiger partial charge in [-0.3, -0.25) is 4.79 Å². The average molecular weight is 357 g/mol. The zero-order valence-corrected chi connectivity index (χ0v) is 14.5. The molecule has 0 N–H and O–H groups in total. The Morgan fingerprint density at radius 1 is 1.38 bits per heavy atom. The van der Waals surface area contributed by atoms with E-state index in [9.17, 15) is 23.2 Å². The molecular formula is C16H18F3N3OS. The quantitative estimate of drug-likeness (QED) is 0.577. The number of nitrogens with zero attached hydrogens (tertiary/aromatic N) is 3. The number of carbonyl (C=O) groups is 1. The highest BCUT2D eigenvalue weighted by Gasteiger charge is 2.32. The molecule has 0 atom stereocenters. The third-order valence-corrected chi connectivity index (χ3v) is 4.44. The lowest BCUT2D eigenvalue weighted by atomic mass is 10.1. The fourth-order valence-electron chi connectivity index (χ4n) is 2.00. The summed E-state index contributed by atoms with van der Waals surface area (Å²) in [6, 6.07) is 2.04. The fourth-order valence-corrected chi connectivity index (χ4v) is 2.98. The van der Waals surface area contributed by atoms with E-state index in [1.54, 1.807) is 13.8 Å². The van der Waals surface area contributed by atoms with Crippen molar-refractivity contribution < 1.29 is 18.0 Å². The van der Waals surface area contributed by atoms with Gasteiger partial charge in [0, 0.05) is 12.2 Å². The molecule has 1 rings (SSSR count). The second-order valence-electron chi connectivity index (χ2n) is 5.21. The van der Waals surface area contributed by atoms with E-state index in [0.717, 1.165) is 28.6 Å². The molecule has 0 aliphatic rings. The summed E-state index contributed by atoms with van der Waals surface area (Å²) in [5, 5.41) is 9.62. The Morgan fingerprint density at radius 2 is 2.00 bits per heavy atom. The topological polar surface area (TPSA) is 57.0 Å². The van der Waals surface area contributed by atoms with Crippen molar-refractivity contribution in [2.45, 2.75) is 32.0 Å². The molecule has 130 valence electrons. The summed E-state index contributed by atoms with van der Waals surface area (Å²) in [6.07, 6.45) is -3.23. The molecule has 4 nitrogen and oxygen atoms in total. The Hall–Kier alpha value is -2.01. The molecule has 0 aromatic carbocycles. The van der Waals surface area contributed by atoms with Crippen molar-refractivity contribution in [3.05, 3.63) is 35.0 Å². The molecule has 0 radical (unpaired) electrons. The van der Waals surface area contributed by atoms with Crippen LogP contribution in [0.5, 0.6) is 0 Å². The van der Waals surface area contributed by atoms with Crippen molar-refractivity contribution in [2.24, 2.45) is 0 Å². The standard InChI is InChI=1S/C16H18F3N3OS/c1-5-6-22(9-16(17,18)19)14(23)8-24-15-13(7-20)11(3)10(2)12(4)21-15/h5H,1,6,8-9H2,2-4H3. The second kappa shape index (κ2) is 8.20. The van der Waals surface area contributed by atoms with E-state index < -0.39 is 18.6 Å². The molecule has 0 spiro atoms. The molecule has 0 bridgehead atoms. The predicted octanol–water partition coefficient (Wildman–Crippen LogP) is 3.55. The maximum absolute atomic E-state index is 12.5. The first-order valence-corrected chi connectivity index (χ1v) is 8.05. The van der Waals surface area contributed by atoms with E-state index in [1.165, 1.54) is 6.08 Å². The summed E-state index contributed by atoms with van der Waals surface area (Å²) in [4.78, 5) is 17.0. The molecule has 24 heavy (non-hydrogen) atoms. The maximum Gasteiger partial charge on any atom is 0.406 e. The van der Waals surface area contributed by atoms with Gasteiger partial charge < -0.3 is 4.90 Å². The van der Waals surface area contributed by atoms with E-state index >= 15 is 0 Å². The third-order valence-electron chi connectivity index (χ3n) is 3.48. The molecule has 1 amide bonds. The molecule has 0 saturated heterocycles. The molecule has 1 aromatic heterocycles. The first-order valence-electron chi connectivity index (χ1n) is 7.06. The van der Waals surface area contributed by atoms with Gasteiger partial charge >= 0.3 is 6.18 Å². The van der Waals surface area contributed by atoms with Gasteiger partial charge in [0.05, 0.1) is 11.3 Å². The maximum atomic E-state index is 12.5. The van der Waals surface area contributed by atoms with Crippen LogP contribution in [0.1, 0.15) is 22.4 Å². The number of aryl methyl sites for hydroxylation is 1. The molecule has 0 saturated carbocycles. The van der Waals surface area contributed by atoms with Gasteiger partial charge in [0.25, 0.3) is 0 Å². The predicted molar refractivity (Wildman–Crippen MR) is 86.7 cm³/mol. The van der Waals surface area contributed by atoms with Crippen LogP contribution < -0.4 is 0 Å². The van der Waals surface area contributed by atoms with Gasteiger partial charge in [-0.15, -0.1) is 6.58 Å². The van der Waals surface area contributed by atoms with Crippen LogP contribution in [0, 0.1) is 32.1 Å². The molecule has 0 fully saturated rings. The van der Waals surface area contributed by atoms with Crippen LogP contribution in [-0.2, 0) is 4.79 Å². The van der Waals surface area contributed by atoms with Crippen LogP contribution in [-0.4, -0.2) is 40.8 Å². The monoisotopic (exact) mass is 357 g/mol. The minimum absolute atomic E-state index is 0.191. The number of pyridine rings is 1. The zero-order valence-electron chi connectivity index (χ0n) is 13.7. The Bertz CT molecular complexity index is 681. The molecule has 0 aliphatic heterocycles. The van der Waals surface area contributed by atoms with Crippen molar-refractivity contribution in [3.63, 3.8) is 0 Å². The van der Waals surface area contributed by atoms with Crippen LogP contribution in [0.3, 0.4) is 0 Å². The zero-order chi connectivity index (χ0) is 18.5. The van der Waals surface area contributed by atoms with Gasteiger partial charge in [-0.05, 0) is 31.9 Å². The Balaban J connectivity index is 2.93. The number of hydrogen-bond acceptors (Lipinski definition) is 4. The summed E-state index contributed by atoms with van der Waals surface area (Å²) in [5.74, 6) is -0.910. The Kier molecular flexibility index (Phi) is 6.84. The van der Waals surface area contributed by atoms with Crippen molar-refractivity contribution in [3.8, 4) is 6.07 Å². The number of carbonyl (C=O) groups excluding carboxylic acids is 1.